The van der Waals surface area contributed by atoms with Gasteiger partial charge in [0.1, 0.15) is 0 Å². The first-order chi connectivity index (χ1) is 9.58. The van der Waals surface area contributed by atoms with Crippen LogP contribution in [0, 0.1) is 13.8 Å². The summed E-state index contributed by atoms with van der Waals surface area (Å²) >= 11 is 1.59. The highest BCUT2D eigenvalue weighted by Gasteiger charge is 2.15. The van der Waals surface area contributed by atoms with Crippen molar-refractivity contribution in [1.29, 1.82) is 0 Å². The molecule has 3 heteroatoms. The second-order valence-electron chi connectivity index (χ2n) is 4.83. The van der Waals surface area contributed by atoms with E-state index < -0.39 is 0 Å². The van der Waals surface area contributed by atoms with E-state index in [1.54, 1.807) is 11.8 Å². The average molecular weight is 285 g/mol. The van der Waals surface area contributed by atoms with Crippen LogP contribution in [0.25, 0.3) is 0 Å². The lowest BCUT2D eigenvalue weighted by molar-refractivity contribution is -0.115. The Labute approximate surface area is 124 Å². The van der Waals surface area contributed by atoms with E-state index in [1.807, 2.05) is 50.2 Å². The summed E-state index contributed by atoms with van der Waals surface area (Å²) in [6.07, 6.45) is 0. The Balaban J connectivity index is 2.03. The minimum atomic E-state index is -0.129. The van der Waals surface area contributed by atoms with Crippen molar-refractivity contribution in [2.24, 2.45) is 0 Å². The van der Waals surface area contributed by atoms with Gasteiger partial charge in [-0.2, -0.15) is 0 Å². The lowest BCUT2D eigenvalue weighted by atomic mass is 10.2. The van der Waals surface area contributed by atoms with Gasteiger partial charge in [-0.3, -0.25) is 4.79 Å². The Hall–Kier alpha value is -1.74. The molecule has 1 atom stereocenters. The summed E-state index contributed by atoms with van der Waals surface area (Å²) in [6, 6.07) is 16.0. The second-order valence-corrected chi connectivity index (χ2v) is 6.21. The molecule has 0 aliphatic carbocycles. The Kier molecular flexibility index (Phi) is 4.85. The smallest absolute Gasteiger partial charge is 0.237 e. The molecule has 2 aromatic rings. The normalized spacial score (nSPS) is 11.9. The number of aryl methyl sites for hydroxylation is 2. The molecule has 0 aromatic heterocycles. The van der Waals surface area contributed by atoms with Gasteiger partial charge in [-0.25, -0.2) is 0 Å². The zero-order valence-corrected chi connectivity index (χ0v) is 12.8. The Bertz CT molecular complexity index is 609. The Morgan fingerprint density at radius 2 is 1.60 bits per heavy atom. The van der Waals surface area contributed by atoms with Crippen LogP contribution in [0.15, 0.2) is 53.4 Å². The fourth-order valence-electron chi connectivity index (χ4n) is 1.88. The number of benzene rings is 2. The van der Waals surface area contributed by atoms with Crippen LogP contribution in [0.3, 0.4) is 0 Å². The summed E-state index contributed by atoms with van der Waals surface area (Å²) in [5.41, 5.74) is 3.16. The summed E-state index contributed by atoms with van der Waals surface area (Å²) in [4.78, 5) is 13.4. The van der Waals surface area contributed by atoms with E-state index in [-0.39, 0.29) is 11.2 Å². The van der Waals surface area contributed by atoms with Crippen molar-refractivity contribution >= 4 is 23.4 Å². The van der Waals surface area contributed by atoms with Gasteiger partial charge >= 0.3 is 0 Å². The first-order valence-electron chi connectivity index (χ1n) is 6.66. The molecule has 104 valence electrons. The maximum absolute atomic E-state index is 12.2. The predicted molar refractivity (Wildman–Crippen MR) is 86.3 cm³/mol. The molecule has 0 aliphatic rings. The van der Waals surface area contributed by atoms with E-state index in [4.69, 9.17) is 0 Å². The quantitative estimate of drug-likeness (QED) is 0.842. The van der Waals surface area contributed by atoms with Crippen LogP contribution in [0.5, 0.6) is 0 Å². The highest BCUT2D eigenvalue weighted by Crippen LogP contribution is 2.27. The van der Waals surface area contributed by atoms with Gasteiger partial charge in [-0.05, 0) is 44.0 Å². The van der Waals surface area contributed by atoms with Gasteiger partial charge in [-0.15, -0.1) is 11.8 Å². The van der Waals surface area contributed by atoms with E-state index >= 15 is 0 Å². The molecule has 0 heterocycles. The van der Waals surface area contributed by atoms with Crippen LogP contribution in [-0.2, 0) is 4.79 Å². The summed E-state index contributed by atoms with van der Waals surface area (Å²) in [5.74, 6) is 0.0348. The number of rotatable bonds is 4. The number of nitrogens with one attached hydrogen (secondary N) is 1. The molecule has 2 rings (SSSR count). The number of hydrogen-bond acceptors (Lipinski definition) is 2. The SMILES string of the molecule is Cc1ccccc1NC(=O)C(C)Sc1ccccc1C. The van der Waals surface area contributed by atoms with E-state index in [2.05, 4.69) is 24.4 Å². The number of thioether (sulfide) groups is 1. The van der Waals surface area contributed by atoms with Crippen molar-refractivity contribution in [2.75, 3.05) is 5.32 Å². The first-order valence-corrected chi connectivity index (χ1v) is 7.54. The first kappa shape index (κ1) is 14.7. The summed E-state index contributed by atoms with van der Waals surface area (Å²) < 4.78 is 0. The van der Waals surface area contributed by atoms with Gasteiger partial charge in [0, 0.05) is 10.6 Å². The molecule has 0 saturated heterocycles. The predicted octanol–water partition coefficient (Wildman–Crippen LogP) is 4.42. The number of carbonyl (C=O) groups excluding carboxylic acids is 1. The van der Waals surface area contributed by atoms with Crippen molar-refractivity contribution in [2.45, 2.75) is 30.9 Å². The van der Waals surface area contributed by atoms with Crippen molar-refractivity contribution in [3.63, 3.8) is 0 Å². The van der Waals surface area contributed by atoms with Gasteiger partial charge in [-0.1, -0.05) is 36.4 Å². The van der Waals surface area contributed by atoms with Gasteiger partial charge in [0.15, 0.2) is 0 Å². The van der Waals surface area contributed by atoms with Gasteiger partial charge in [0.25, 0.3) is 0 Å². The fraction of sp³-hybridized carbons (Fsp3) is 0.235. The van der Waals surface area contributed by atoms with Gasteiger partial charge in [0.2, 0.25) is 5.91 Å². The third-order valence-corrected chi connectivity index (χ3v) is 4.45. The minimum absolute atomic E-state index is 0.0348. The summed E-state index contributed by atoms with van der Waals surface area (Å²) in [7, 11) is 0. The third-order valence-electron chi connectivity index (χ3n) is 3.17. The molecule has 0 saturated carbocycles. The molecule has 0 fully saturated rings. The zero-order valence-electron chi connectivity index (χ0n) is 12.0. The monoisotopic (exact) mass is 285 g/mol. The molecule has 1 unspecified atom stereocenters. The highest BCUT2D eigenvalue weighted by molar-refractivity contribution is 8.00. The number of anilines is 1. The van der Waals surface area contributed by atoms with Crippen LogP contribution in [0.2, 0.25) is 0 Å². The maximum atomic E-state index is 12.2. The molecule has 0 radical (unpaired) electrons. The number of amides is 1. The van der Waals surface area contributed by atoms with E-state index in [9.17, 15) is 4.79 Å². The molecular weight excluding hydrogens is 266 g/mol. The van der Waals surface area contributed by atoms with Crippen LogP contribution >= 0.6 is 11.8 Å². The van der Waals surface area contributed by atoms with Crippen molar-refractivity contribution in [3.05, 3.63) is 59.7 Å². The minimum Gasteiger partial charge on any atom is -0.325 e. The van der Waals surface area contributed by atoms with Crippen LogP contribution in [0.4, 0.5) is 5.69 Å². The second kappa shape index (κ2) is 6.62. The molecule has 2 aromatic carbocycles. The van der Waals surface area contributed by atoms with Crippen LogP contribution in [0.1, 0.15) is 18.1 Å². The van der Waals surface area contributed by atoms with Gasteiger partial charge in [0.05, 0.1) is 5.25 Å². The largest absolute Gasteiger partial charge is 0.325 e. The van der Waals surface area contributed by atoms with Crippen molar-refractivity contribution in [1.82, 2.24) is 0 Å². The van der Waals surface area contributed by atoms with Crippen molar-refractivity contribution < 1.29 is 4.79 Å². The lowest BCUT2D eigenvalue weighted by Crippen LogP contribution is -2.22. The van der Waals surface area contributed by atoms with E-state index in [0.29, 0.717) is 0 Å². The number of para-hydroxylation sites is 1. The standard InChI is InChI=1S/C17H19NOS/c1-12-8-4-6-10-15(12)18-17(19)14(3)20-16-11-7-5-9-13(16)2/h4-11,14H,1-3H3,(H,18,19). The molecule has 1 N–H and O–H groups in total. The summed E-state index contributed by atoms with van der Waals surface area (Å²) in [5, 5.41) is 2.86. The van der Waals surface area contributed by atoms with Gasteiger partial charge < -0.3 is 5.32 Å². The van der Waals surface area contributed by atoms with Crippen molar-refractivity contribution in [3.8, 4) is 0 Å². The molecule has 1 amide bonds. The molecule has 2 nitrogen and oxygen atoms in total. The molecule has 20 heavy (non-hydrogen) atoms. The summed E-state index contributed by atoms with van der Waals surface area (Å²) in [6.45, 7) is 5.99. The molecule has 0 spiro atoms. The maximum Gasteiger partial charge on any atom is 0.237 e. The molecule has 0 bridgehead atoms. The molecular formula is C17H19NOS. The Morgan fingerprint density at radius 1 is 1.00 bits per heavy atom. The van der Waals surface area contributed by atoms with E-state index in [1.165, 1.54) is 5.56 Å². The number of hydrogen-bond donors (Lipinski definition) is 1. The van der Waals surface area contributed by atoms with E-state index in [0.717, 1.165) is 16.1 Å². The average Bonchev–Trinajstić information content (AvgIpc) is 2.43. The lowest BCUT2D eigenvalue weighted by Gasteiger charge is -2.14. The highest BCUT2D eigenvalue weighted by atomic mass is 32.2. The van der Waals surface area contributed by atoms with Crippen LogP contribution < -0.4 is 5.32 Å². The fourth-order valence-corrected chi connectivity index (χ4v) is 2.84. The topological polar surface area (TPSA) is 29.1 Å². The zero-order chi connectivity index (χ0) is 14.5. The number of carbonyl (C=O) groups is 1. The van der Waals surface area contributed by atoms with Crippen LogP contribution in [-0.4, -0.2) is 11.2 Å². The molecule has 0 aliphatic heterocycles. The third kappa shape index (κ3) is 3.64. The Morgan fingerprint density at radius 3 is 2.25 bits per heavy atom.